The first kappa shape index (κ1) is 21.8. The van der Waals surface area contributed by atoms with Crippen LogP contribution in [0, 0.1) is 0 Å². The Balaban J connectivity index is 0.000000195. The molecule has 0 aliphatic carbocycles. The summed E-state index contributed by atoms with van der Waals surface area (Å²) in [6, 6.07) is 0. The molecule has 0 aromatic heterocycles. The Hall–Kier alpha value is -0.480. The van der Waals surface area contributed by atoms with Gasteiger partial charge in [-0.15, -0.1) is 0 Å². The van der Waals surface area contributed by atoms with Crippen LogP contribution in [0.4, 0.5) is 0 Å². The molecular formula is C14H27NO11. The second kappa shape index (κ2) is 9.64. The lowest BCUT2D eigenvalue weighted by Crippen LogP contribution is -2.59. The lowest BCUT2D eigenvalue weighted by atomic mass is 9.99. The molecule has 154 valence electrons. The van der Waals surface area contributed by atoms with Crippen molar-refractivity contribution >= 4 is 0 Å². The Morgan fingerprint density at radius 3 is 1.88 bits per heavy atom. The van der Waals surface area contributed by atoms with E-state index in [0.717, 1.165) is 0 Å². The fourth-order valence-corrected chi connectivity index (χ4v) is 2.67. The van der Waals surface area contributed by atoms with Crippen molar-refractivity contribution in [3.63, 3.8) is 0 Å². The zero-order chi connectivity index (χ0) is 19.4. The van der Waals surface area contributed by atoms with Crippen LogP contribution in [0.3, 0.4) is 0 Å². The monoisotopic (exact) mass is 385 g/mol. The van der Waals surface area contributed by atoms with E-state index >= 15 is 0 Å². The molecule has 9 N–H and O–H groups in total. The minimum Gasteiger partial charge on any atom is -0.394 e. The minimum atomic E-state index is -1.40. The van der Waals surface area contributed by atoms with Crippen molar-refractivity contribution in [2.75, 3.05) is 26.4 Å². The molecule has 0 saturated carbocycles. The van der Waals surface area contributed by atoms with Gasteiger partial charge in [0.1, 0.15) is 48.8 Å². The van der Waals surface area contributed by atoms with E-state index < -0.39 is 68.0 Å². The van der Waals surface area contributed by atoms with Crippen molar-refractivity contribution in [2.24, 2.45) is 5.73 Å². The van der Waals surface area contributed by atoms with Crippen LogP contribution < -0.4 is 5.73 Å². The second-order valence-electron chi connectivity index (χ2n) is 6.16. The maximum Gasteiger partial charge on any atom is 0.187 e. The Kier molecular flexibility index (Phi) is 8.08. The van der Waals surface area contributed by atoms with Crippen molar-refractivity contribution in [3.8, 4) is 0 Å². The predicted molar refractivity (Wildman–Crippen MR) is 81.4 cm³/mol. The van der Waals surface area contributed by atoms with Gasteiger partial charge in [0.15, 0.2) is 12.6 Å². The van der Waals surface area contributed by atoms with Crippen LogP contribution in [0.2, 0.25) is 0 Å². The first-order valence-corrected chi connectivity index (χ1v) is 8.25. The van der Waals surface area contributed by atoms with Gasteiger partial charge in [0.25, 0.3) is 0 Å². The third-order valence-corrected chi connectivity index (χ3v) is 4.29. The average molecular weight is 385 g/mol. The highest BCUT2D eigenvalue weighted by atomic mass is 16.8. The van der Waals surface area contributed by atoms with E-state index in [1.54, 1.807) is 0 Å². The van der Waals surface area contributed by atoms with Crippen molar-refractivity contribution in [3.05, 3.63) is 0 Å². The second-order valence-corrected chi connectivity index (χ2v) is 6.16. The van der Waals surface area contributed by atoms with Gasteiger partial charge in [-0.3, -0.25) is 0 Å². The zero-order valence-corrected chi connectivity index (χ0v) is 13.9. The van der Waals surface area contributed by atoms with E-state index in [4.69, 9.17) is 34.9 Å². The Labute approximate surface area is 149 Å². The van der Waals surface area contributed by atoms with Crippen LogP contribution in [-0.2, 0) is 18.9 Å². The molecule has 3 fully saturated rings. The number of fused-ring (bicyclic) bond motifs is 1. The van der Waals surface area contributed by atoms with Gasteiger partial charge in [-0.1, -0.05) is 0 Å². The van der Waals surface area contributed by atoms with Gasteiger partial charge in [-0.05, 0) is 0 Å². The molecular weight excluding hydrogens is 358 g/mol. The smallest absolute Gasteiger partial charge is 0.187 e. The third-order valence-electron chi connectivity index (χ3n) is 4.29. The van der Waals surface area contributed by atoms with Crippen LogP contribution in [0.15, 0.2) is 0 Å². The number of hydrogen-bond acceptors (Lipinski definition) is 12. The summed E-state index contributed by atoms with van der Waals surface area (Å²) in [7, 11) is 0. The fourth-order valence-electron chi connectivity index (χ4n) is 2.67. The number of nitrogens with two attached hydrogens (primary N) is 1. The van der Waals surface area contributed by atoms with Crippen LogP contribution in [0.5, 0.6) is 0 Å². The van der Waals surface area contributed by atoms with Gasteiger partial charge >= 0.3 is 0 Å². The lowest BCUT2D eigenvalue weighted by Gasteiger charge is -2.39. The molecule has 10 atom stereocenters. The Morgan fingerprint density at radius 1 is 0.731 bits per heavy atom. The molecule has 3 saturated heterocycles. The highest BCUT2D eigenvalue weighted by Gasteiger charge is 2.55. The molecule has 12 heteroatoms. The molecule has 3 heterocycles. The number of aliphatic hydroxyl groups excluding tert-OH is 7. The van der Waals surface area contributed by atoms with Gasteiger partial charge in [0.2, 0.25) is 0 Å². The van der Waals surface area contributed by atoms with Crippen LogP contribution in [0.1, 0.15) is 0 Å². The van der Waals surface area contributed by atoms with E-state index in [1.165, 1.54) is 0 Å². The van der Waals surface area contributed by atoms with Gasteiger partial charge < -0.3 is 60.4 Å². The molecule has 3 rings (SSSR count). The zero-order valence-electron chi connectivity index (χ0n) is 13.9. The summed E-state index contributed by atoms with van der Waals surface area (Å²) in [6.07, 6.45) is -9.63. The molecule has 3 aliphatic rings. The first-order valence-electron chi connectivity index (χ1n) is 8.25. The highest BCUT2D eigenvalue weighted by molar-refractivity contribution is 4.97. The molecule has 0 bridgehead atoms. The SMILES string of the molecule is NCCOC1OC(CO)C(O)C(O)C1O.OCC1OC2OC2C(O)C1O. The van der Waals surface area contributed by atoms with E-state index in [9.17, 15) is 25.5 Å². The summed E-state index contributed by atoms with van der Waals surface area (Å²) >= 11 is 0. The Bertz CT molecular complexity index is 428. The molecule has 12 nitrogen and oxygen atoms in total. The van der Waals surface area contributed by atoms with Crippen molar-refractivity contribution in [1.29, 1.82) is 0 Å². The Morgan fingerprint density at radius 2 is 1.31 bits per heavy atom. The minimum absolute atomic E-state index is 0.155. The molecule has 0 aromatic carbocycles. The number of hydrogen-bond donors (Lipinski definition) is 8. The molecule has 0 radical (unpaired) electrons. The molecule has 0 aromatic rings. The number of epoxide rings is 1. The predicted octanol–water partition coefficient (Wildman–Crippen LogP) is -5.41. The average Bonchev–Trinajstić information content (AvgIpc) is 3.42. The number of rotatable bonds is 5. The standard InChI is InChI=1S/C8H17NO6.C6H10O5/c9-1-2-14-8-7(13)6(12)5(11)4(3-10)15-8;7-1-2-3(8)4(9)5-6(10-2)11-5/h4-8,10-13H,1-3,9H2;2-9H,1H2. The molecule has 0 amide bonds. The van der Waals surface area contributed by atoms with Crippen molar-refractivity contribution in [2.45, 2.75) is 61.4 Å². The summed E-state index contributed by atoms with van der Waals surface area (Å²) in [6.45, 7) is -0.365. The summed E-state index contributed by atoms with van der Waals surface area (Å²) < 4.78 is 19.9. The molecule has 3 aliphatic heterocycles. The highest BCUT2D eigenvalue weighted by Crippen LogP contribution is 2.35. The third kappa shape index (κ3) is 4.86. The van der Waals surface area contributed by atoms with Crippen LogP contribution >= 0.6 is 0 Å². The quantitative estimate of drug-likeness (QED) is 0.209. The van der Waals surface area contributed by atoms with Gasteiger partial charge in [0, 0.05) is 6.54 Å². The first-order chi connectivity index (χ1) is 12.3. The summed E-state index contributed by atoms with van der Waals surface area (Å²) in [5.41, 5.74) is 5.20. The lowest BCUT2D eigenvalue weighted by molar-refractivity contribution is -0.300. The molecule has 10 unspecified atom stereocenters. The summed E-state index contributed by atoms with van der Waals surface area (Å²) in [5, 5.41) is 64.2. The maximum absolute atomic E-state index is 9.47. The molecule has 0 spiro atoms. The van der Waals surface area contributed by atoms with Crippen molar-refractivity contribution < 1.29 is 54.7 Å². The van der Waals surface area contributed by atoms with Crippen molar-refractivity contribution in [1.82, 2.24) is 0 Å². The maximum atomic E-state index is 9.47. The fraction of sp³-hybridized carbons (Fsp3) is 1.00. The van der Waals surface area contributed by atoms with E-state index in [2.05, 4.69) is 0 Å². The topological polar surface area (TPSA) is 208 Å². The number of ether oxygens (including phenoxy) is 4. The van der Waals surface area contributed by atoms with E-state index in [-0.39, 0.29) is 19.8 Å². The molecule has 26 heavy (non-hydrogen) atoms. The van der Waals surface area contributed by atoms with Crippen LogP contribution in [-0.4, -0.2) is 124 Å². The summed E-state index contributed by atoms with van der Waals surface area (Å²) in [4.78, 5) is 0. The largest absolute Gasteiger partial charge is 0.394 e. The number of aliphatic hydroxyl groups is 7. The summed E-state index contributed by atoms with van der Waals surface area (Å²) in [5.74, 6) is 0. The van der Waals surface area contributed by atoms with Gasteiger partial charge in [0.05, 0.1) is 19.8 Å². The van der Waals surface area contributed by atoms with Gasteiger partial charge in [-0.25, -0.2) is 0 Å². The van der Waals surface area contributed by atoms with E-state index in [0.29, 0.717) is 0 Å². The normalized spacial score (nSPS) is 47.5. The van der Waals surface area contributed by atoms with E-state index in [1.807, 2.05) is 0 Å². The van der Waals surface area contributed by atoms with Crippen LogP contribution in [0.25, 0.3) is 0 Å². The van der Waals surface area contributed by atoms with Gasteiger partial charge in [-0.2, -0.15) is 0 Å².